The third-order valence-electron chi connectivity index (χ3n) is 4.83. The Hall–Kier alpha value is -1.96. The summed E-state index contributed by atoms with van der Waals surface area (Å²) in [6.45, 7) is 2.78. The van der Waals surface area contributed by atoms with E-state index in [0.717, 1.165) is 39.1 Å². The van der Waals surface area contributed by atoms with Crippen molar-refractivity contribution in [1.82, 2.24) is 15.5 Å². The fourth-order valence-corrected chi connectivity index (χ4v) is 3.53. The molecule has 0 saturated carbocycles. The first-order chi connectivity index (χ1) is 11.8. The molecule has 0 amide bonds. The fourth-order valence-electron chi connectivity index (χ4n) is 3.53. The Labute approximate surface area is 140 Å². The highest BCUT2D eigenvalue weighted by Crippen LogP contribution is 2.35. The molecular weight excluding hydrogens is 310 g/mol. The SMILES string of the molecule is Oc1cccc(-c2nnc(CNC3CCOC34CCOCC4)o2)c1. The molecule has 7 heteroatoms. The number of hydrogen-bond acceptors (Lipinski definition) is 7. The molecule has 4 rings (SSSR count). The molecule has 2 saturated heterocycles. The number of benzene rings is 1. The molecule has 0 bridgehead atoms. The monoisotopic (exact) mass is 331 g/mol. The van der Waals surface area contributed by atoms with E-state index in [-0.39, 0.29) is 17.4 Å². The van der Waals surface area contributed by atoms with Crippen molar-refractivity contribution in [2.24, 2.45) is 0 Å². The molecule has 24 heavy (non-hydrogen) atoms. The number of nitrogens with one attached hydrogen (secondary N) is 1. The molecular formula is C17H21N3O4. The number of aromatic nitrogens is 2. The zero-order valence-corrected chi connectivity index (χ0v) is 13.4. The zero-order chi connectivity index (χ0) is 16.4. The van der Waals surface area contributed by atoms with Gasteiger partial charge in [-0.3, -0.25) is 0 Å². The quantitative estimate of drug-likeness (QED) is 0.884. The lowest BCUT2D eigenvalue weighted by molar-refractivity contribution is -0.0887. The number of phenols is 1. The van der Waals surface area contributed by atoms with Gasteiger partial charge >= 0.3 is 0 Å². The summed E-state index contributed by atoms with van der Waals surface area (Å²) in [5.74, 6) is 1.11. The summed E-state index contributed by atoms with van der Waals surface area (Å²) in [4.78, 5) is 0. The zero-order valence-electron chi connectivity index (χ0n) is 13.4. The number of phenolic OH excluding ortho intramolecular Hbond substituents is 1. The van der Waals surface area contributed by atoms with Gasteiger partial charge in [0.25, 0.3) is 0 Å². The van der Waals surface area contributed by atoms with Crippen molar-refractivity contribution in [1.29, 1.82) is 0 Å². The third-order valence-corrected chi connectivity index (χ3v) is 4.83. The number of ether oxygens (including phenoxy) is 2. The molecule has 1 atom stereocenters. The van der Waals surface area contributed by atoms with Crippen LogP contribution in [-0.4, -0.2) is 46.8 Å². The largest absolute Gasteiger partial charge is 0.508 e. The predicted octanol–water partition coefficient (Wildman–Crippen LogP) is 1.87. The molecule has 2 aliphatic rings. The average Bonchev–Trinajstić information content (AvgIpc) is 3.21. The molecule has 2 aliphatic heterocycles. The van der Waals surface area contributed by atoms with Crippen molar-refractivity contribution in [2.75, 3.05) is 19.8 Å². The molecule has 1 spiro atoms. The van der Waals surface area contributed by atoms with Crippen LogP contribution in [0.15, 0.2) is 28.7 Å². The summed E-state index contributed by atoms with van der Waals surface area (Å²) >= 11 is 0. The second-order valence-electron chi connectivity index (χ2n) is 6.30. The van der Waals surface area contributed by atoms with Crippen LogP contribution in [0.25, 0.3) is 11.5 Å². The molecule has 3 heterocycles. The predicted molar refractivity (Wildman–Crippen MR) is 85.4 cm³/mol. The van der Waals surface area contributed by atoms with Crippen molar-refractivity contribution in [3.8, 4) is 17.2 Å². The Morgan fingerprint density at radius 3 is 2.92 bits per heavy atom. The van der Waals surface area contributed by atoms with Crippen LogP contribution in [0.1, 0.15) is 25.2 Å². The summed E-state index contributed by atoms with van der Waals surface area (Å²) in [5, 5.41) is 21.2. The molecule has 1 aromatic heterocycles. The Morgan fingerprint density at radius 2 is 2.08 bits per heavy atom. The standard InChI is InChI=1S/C17H21N3O4/c21-13-3-1-2-12(10-13)16-20-19-15(24-16)11-18-14-4-7-23-17(14)5-8-22-9-6-17/h1-3,10,14,18,21H,4-9,11H2. The lowest BCUT2D eigenvalue weighted by Gasteiger charge is -2.37. The van der Waals surface area contributed by atoms with Crippen LogP contribution < -0.4 is 5.32 Å². The Morgan fingerprint density at radius 1 is 1.21 bits per heavy atom. The van der Waals surface area contributed by atoms with Gasteiger partial charge in [-0.25, -0.2) is 0 Å². The van der Waals surface area contributed by atoms with Crippen LogP contribution in [0.5, 0.6) is 5.75 Å². The fraction of sp³-hybridized carbons (Fsp3) is 0.529. The van der Waals surface area contributed by atoms with Crippen molar-refractivity contribution >= 4 is 0 Å². The van der Waals surface area contributed by atoms with E-state index in [4.69, 9.17) is 13.9 Å². The number of aromatic hydroxyl groups is 1. The van der Waals surface area contributed by atoms with Gasteiger partial charge in [-0.15, -0.1) is 10.2 Å². The van der Waals surface area contributed by atoms with E-state index in [1.54, 1.807) is 18.2 Å². The molecule has 2 N–H and O–H groups in total. The van der Waals surface area contributed by atoms with Crippen LogP contribution in [0, 0.1) is 0 Å². The molecule has 7 nitrogen and oxygen atoms in total. The summed E-state index contributed by atoms with van der Waals surface area (Å²) in [6, 6.07) is 7.06. The maximum atomic E-state index is 9.54. The number of rotatable bonds is 4. The van der Waals surface area contributed by atoms with E-state index < -0.39 is 0 Å². The molecule has 1 unspecified atom stereocenters. The van der Waals surface area contributed by atoms with E-state index in [2.05, 4.69) is 15.5 Å². The normalized spacial score (nSPS) is 22.9. The van der Waals surface area contributed by atoms with Gasteiger partial charge < -0.3 is 24.3 Å². The molecule has 0 radical (unpaired) electrons. The minimum Gasteiger partial charge on any atom is -0.508 e. The molecule has 0 aliphatic carbocycles. The maximum Gasteiger partial charge on any atom is 0.247 e. The van der Waals surface area contributed by atoms with Crippen LogP contribution in [-0.2, 0) is 16.0 Å². The first-order valence-electron chi connectivity index (χ1n) is 8.32. The smallest absolute Gasteiger partial charge is 0.247 e. The Kier molecular flexibility index (Phi) is 4.22. The minimum atomic E-state index is -0.119. The van der Waals surface area contributed by atoms with Gasteiger partial charge in [0, 0.05) is 44.3 Å². The molecule has 128 valence electrons. The molecule has 2 fully saturated rings. The van der Waals surface area contributed by atoms with Crippen LogP contribution in [0.2, 0.25) is 0 Å². The highest BCUT2D eigenvalue weighted by molar-refractivity contribution is 5.54. The lowest BCUT2D eigenvalue weighted by atomic mass is 9.86. The topological polar surface area (TPSA) is 89.6 Å². The van der Waals surface area contributed by atoms with E-state index in [9.17, 15) is 5.11 Å². The number of hydrogen-bond donors (Lipinski definition) is 2. The first-order valence-corrected chi connectivity index (χ1v) is 8.32. The second kappa shape index (κ2) is 6.51. The third kappa shape index (κ3) is 3.02. The van der Waals surface area contributed by atoms with Gasteiger partial charge in [0.15, 0.2) is 0 Å². The van der Waals surface area contributed by atoms with Gasteiger partial charge in [0.2, 0.25) is 11.8 Å². The average molecular weight is 331 g/mol. The van der Waals surface area contributed by atoms with Crippen molar-refractivity contribution in [3.05, 3.63) is 30.2 Å². The van der Waals surface area contributed by atoms with E-state index in [1.165, 1.54) is 0 Å². The van der Waals surface area contributed by atoms with E-state index in [0.29, 0.717) is 23.9 Å². The van der Waals surface area contributed by atoms with Gasteiger partial charge in [0.05, 0.1) is 12.1 Å². The summed E-state index contributed by atoms with van der Waals surface area (Å²) in [7, 11) is 0. The number of nitrogens with zero attached hydrogens (tertiary/aromatic N) is 2. The lowest BCUT2D eigenvalue weighted by Crippen LogP contribution is -2.50. The van der Waals surface area contributed by atoms with Gasteiger partial charge in [-0.1, -0.05) is 6.07 Å². The van der Waals surface area contributed by atoms with E-state index in [1.807, 2.05) is 6.07 Å². The van der Waals surface area contributed by atoms with Gasteiger partial charge in [0.1, 0.15) is 5.75 Å². The van der Waals surface area contributed by atoms with Crippen molar-refractivity contribution in [3.63, 3.8) is 0 Å². The van der Waals surface area contributed by atoms with Crippen molar-refractivity contribution in [2.45, 2.75) is 37.5 Å². The van der Waals surface area contributed by atoms with Crippen LogP contribution in [0.4, 0.5) is 0 Å². The summed E-state index contributed by atoms with van der Waals surface area (Å²) in [5.41, 5.74) is 0.589. The van der Waals surface area contributed by atoms with Gasteiger partial charge in [-0.2, -0.15) is 0 Å². The Balaban J connectivity index is 1.41. The first kappa shape index (κ1) is 15.6. The van der Waals surface area contributed by atoms with E-state index >= 15 is 0 Å². The highest BCUT2D eigenvalue weighted by Gasteiger charge is 2.45. The van der Waals surface area contributed by atoms with Crippen LogP contribution >= 0.6 is 0 Å². The molecule has 2 aromatic rings. The van der Waals surface area contributed by atoms with Crippen molar-refractivity contribution < 1.29 is 19.0 Å². The summed E-state index contributed by atoms with van der Waals surface area (Å²) in [6.07, 6.45) is 2.82. The molecule has 1 aromatic carbocycles. The summed E-state index contributed by atoms with van der Waals surface area (Å²) < 4.78 is 17.2. The minimum absolute atomic E-state index is 0.119. The Bertz CT molecular complexity index is 697. The maximum absolute atomic E-state index is 9.54. The highest BCUT2D eigenvalue weighted by atomic mass is 16.5. The van der Waals surface area contributed by atoms with Crippen LogP contribution in [0.3, 0.4) is 0 Å². The second-order valence-corrected chi connectivity index (χ2v) is 6.30. The van der Waals surface area contributed by atoms with Gasteiger partial charge in [-0.05, 0) is 24.6 Å².